The predicted molar refractivity (Wildman–Crippen MR) is 85.5 cm³/mol. The van der Waals surface area contributed by atoms with Gasteiger partial charge in [-0.1, -0.05) is 51.1 Å². The van der Waals surface area contributed by atoms with Crippen molar-refractivity contribution in [2.24, 2.45) is 0 Å². The van der Waals surface area contributed by atoms with E-state index < -0.39 is 0 Å². The van der Waals surface area contributed by atoms with Crippen LogP contribution in [0.3, 0.4) is 0 Å². The molecule has 1 saturated carbocycles. The first kappa shape index (κ1) is 13.0. The van der Waals surface area contributed by atoms with Crippen LogP contribution in [0.2, 0.25) is 0 Å². The molecule has 1 heterocycles. The largest absolute Gasteiger partial charge is 0.154 e. The smallest absolute Gasteiger partial charge is 0.0967 e. The summed E-state index contributed by atoms with van der Waals surface area (Å²) in [7, 11) is 0. The Kier molecular flexibility index (Phi) is 2.72. The summed E-state index contributed by atoms with van der Waals surface area (Å²) in [5, 5.41) is 9.32. The quantitative estimate of drug-likeness (QED) is 0.748. The van der Waals surface area contributed by atoms with Crippen LogP contribution in [0, 0.1) is 0 Å². The van der Waals surface area contributed by atoms with Crippen LogP contribution >= 0.6 is 0 Å². The van der Waals surface area contributed by atoms with Crippen molar-refractivity contribution in [3.8, 4) is 11.3 Å². The Morgan fingerprint density at radius 2 is 1.57 bits per heavy atom. The van der Waals surface area contributed by atoms with Gasteiger partial charge in [-0.05, 0) is 42.2 Å². The fourth-order valence-corrected chi connectivity index (χ4v) is 4.16. The summed E-state index contributed by atoms with van der Waals surface area (Å²) in [6.45, 7) is 6.77. The molecule has 1 aromatic heterocycles. The molecule has 2 atom stereocenters. The lowest BCUT2D eigenvalue weighted by Gasteiger charge is -2.26. The lowest BCUT2D eigenvalue weighted by molar-refractivity contribution is 0.537. The molecule has 0 N–H and O–H groups in total. The lowest BCUT2D eigenvalue weighted by Crippen LogP contribution is -2.20. The average molecular weight is 278 g/mol. The molecule has 0 aliphatic heterocycles. The normalized spacial score (nSPS) is 23.4. The first-order valence-corrected chi connectivity index (χ1v) is 8.02. The van der Waals surface area contributed by atoms with E-state index in [9.17, 15) is 0 Å². The van der Waals surface area contributed by atoms with Gasteiger partial charge in [0.1, 0.15) is 0 Å². The van der Waals surface area contributed by atoms with Crippen molar-refractivity contribution in [3.05, 3.63) is 47.2 Å². The van der Waals surface area contributed by atoms with Gasteiger partial charge < -0.3 is 0 Å². The summed E-state index contributed by atoms with van der Waals surface area (Å²) in [5.74, 6) is 1.42. The van der Waals surface area contributed by atoms with Gasteiger partial charge in [0.25, 0.3) is 0 Å². The standard InChI is InChI=1S/C19H22N2/c1-19(2,3)18-16-14-10-9-13(11-14)15(16)17(20-21-18)12-7-5-4-6-8-12/h4-8,13-14H,9-11H2,1-3H3. The molecule has 21 heavy (non-hydrogen) atoms. The van der Waals surface area contributed by atoms with Gasteiger partial charge in [0, 0.05) is 11.0 Å². The topological polar surface area (TPSA) is 25.8 Å². The molecule has 108 valence electrons. The number of hydrogen-bond donors (Lipinski definition) is 0. The fraction of sp³-hybridized carbons (Fsp3) is 0.474. The maximum absolute atomic E-state index is 4.67. The molecule has 2 heteroatoms. The van der Waals surface area contributed by atoms with Gasteiger partial charge in [0.15, 0.2) is 0 Å². The Morgan fingerprint density at radius 3 is 2.24 bits per heavy atom. The molecule has 0 radical (unpaired) electrons. The van der Waals surface area contributed by atoms with Crippen LogP contribution in [0.25, 0.3) is 11.3 Å². The van der Waals surface area contributed by atoms with E-state index in [1.54, 1.807) is 0 Å². The minimum Gasteiger partial charge on any atom is -0.154 e. The minimum atomic E-state index is 0.0801. The zero-order valence-electron chi connectivity index (χ0n) is 13.1. The van der Waals surface area contributed by atoms with E-state index in [0.29, 0.717) is 5.92 Å². The van der Waals surface area contributed by atoms with E-state index >= 15 is 0 Å². The minimum absolute atomic E-state index is 0.0801. The van der Waals surface area contributed by atoms with E-state index in [0.717, 1.165) is 11.6 Å². The molecule has 0 amide bonds. The number of benzene rings is 1. The van der Waals surface area contributed by atoms with Crippen LogP contribution in [-0.4, -0.2) is 10.2 Å². The zero-order chi connectivity index (χ0) is 14.6. The highest BCUT2D eigenvalue weighted by Gasteiger charge is 2.43. The Hall–Kier alpha value is -1.70. The van der Waals surface area contributed by atoms with Crippen LogP contribution in [-0.2, 0) is 5.41 Å². The van der Waals surface area contributed by atoms with Crippen LogP contribution in [0.15, 0.2) is 30.3 Å². The van der Waals surface area contributed by atoms with E-state index in [1.165, 1.54) is 41.6 Å². The SMILES string of the molecule is CC(C)(C)c1nnc(-c2ccccc2)c2c1C1CCC2C1. The maximum Gasteiger partial charge on any atom is 0.0967 e. The molecule has 4 rings (SSSR count). The van der Waals surface area contributed by atoms with Gasteiger partial charge in [0.05, 0.1) is 11.4 Å². The number of rotatable bonds is 1. The van der Waals surface area contributed by atoms with E-state index in [4.69, 9.17) is 0 Å². The van der Waals surface area contributed by atoms with Crippen LogP contribution in [0.1, 0.15) is 68.7 Å². The third kappa shape index (κ3) is 1.92. The van der Waals surface area contributed by atoms with E-state index in [-0.39, 0.29) is 5.41 Å². The zero-order valence-corrected chi connectivity index (χ0v) is 13.1. The molecule has 2 nitrogen and oxygen atoms in total. The van der Waals surface area contributed by atoms with Crippen LogP contribution < -0.4 is 0 Å². The Bertz CT molecular complexity index is 683. The third-order valence-electron chi connectivity index (χ3n) is 5.06. The Balaban J connectivity index is 1.97. The third-order valence-corrected chi connectivity index (χ3v) is 5.06. The van der Waals surface area contributed by atoms with E-state index in [1.807, 2.05) is 0 Å². The van der Waals surface area contributed by atoms with Gasteiger partial charge in [-0.3, -0.25) is 0 Å². The molecule has 1 fully saturated rings. The van der Waals surface area contributed by atoms with Gasteiger partial charge in [-0.2, -0.15) is 5.10 Å². The van der Waals surface area contributed by atoms with Crippen molar-refractivity contribution in [3.63, 3.8) is 0 Å². The molecule has 2 aromatic rings. The number of hydrogen-bond acceptors (Lipinski definition) is 2. The highest BCUT2D eigenvalue weighted by molar-refractivity contribution is 5.68. The first-order valence-electron chi connectivity index (χ1n) is 8.02. The summed E-state index contributed by atoms with van der Waals surface area (Å²) in [6, 6.07) is 10.6. The van der Waals surface area contributed by atoms with Crippen LogP contribution in [0.4, 0.5) is 0 Å². The summed E-state index contributed by atoms with van der Waals surface area (Å²) in [4.78, 5) is 0. The lowest BCUT2D eigenvalue weighted by atomic mass is 9.81. The van der Waals surface area contributed by atoms with E-state index in [2.05, 4.69) is 61.3 Å². The highest BCUT2D eigenvalue weighted by Crippen LogP contribution is 2.56. The van der Waals surface area contributed by atoms with Gasteiger partial charge in [-0.25, -0.2) is 0 Å². The van der Waals surface area contributed by atoms with Crippen molar-refractivity contribution < 1.29 is 0 Å². The number of nitrogens with zero attached hydrogens (tertiary/aromatic N) is 2. The molecule has 0 spiro atoms. The molecular formula is C19H22N2. The Morgan fingerprint density at radius 1 is 0.905 bits per heavy atom. The number of aromatic nitrogens is 2. The summed E-state index contributed by atoms with van der Waals surface area (Å²) >= 11 is 0. The summed E-state index contributed by atoms with van der Waals surface area (Å²) in [6.07, 6.45) is 3.97. The number of fused-ring (bicyclic) bond motifs is 5. The van der Waals surface area contributed by atoms with Crippen molar-refractivity contribution in [1.82, 2.24) is 10.2 Å². The summed E-state index contributed by atoms with van der Waals surface area (Å²) < 4.78 is 0. The highest BCUT2D eigenvalue weighted by atomic mass is 15.1. The van der Waals surface area contributed by atoms with Crippen molar-refractivity contribution in [1.29, 1.82) is 0 Å². The summed E-state index contributed by atoms with van der Waals surface area (Å²) in [5.41, 5.74) is 6.70. The van der Waals surface area contributed by atoms with Gasteiger partial charge in [-0.15, -0.1) is 5.10 Å². The fourth-order valence-electron chi connectivity index (χ4n) is 4.16. The van der Waals surface area contributed by atoms with Gasteiger partial charge in [0.2, 0.25) is 0 Å². The van der Waals surface area contributed by atoms with Crippen molar-refractivity contribution in [2.45, 2.75) is 57.3 Å². The molecule has 2 aliphatic carbocycles. The Labute approximate surface area is 126 Å². The second-order valence-electron chi connectivity index (χ2n) is 7.55. The maximum atomic E-state index is 4.67. The monoisotopic (exact) mass is 278 g/mol. The molecule has 2 aliphatic rings. The van der Waals surface area contributed by atoms with Crippen molar-refractivity contribution in [2.75, 3.05) is 0 Å². The second-order valence-corrected chi connectivity index (χ2v) is 7.55. The second kappa shape index (κ2) is 4.40. The molecule has 1 aromatic carbocycles. The van der Waals surface area contributed by atoms with Gasteiger partial charge >= 0.3 is 0 Å². The average Bonchev–Trinajstić information content (AvgIpc) is 3.08. The first-order chi connectivity index (χ1) is 10.1. The predicted octanol–water partition coefficient (Wildman–Crippen LogP) is 4.81. The molecule has 2 unspecified atom stereocenters. The van der Waals surface area contributed by atoms with Crippen LogP contribution in [0.5, 0.6) is 0 Å². The molecular weight excluding hydrogens is 256 g/mol. The van der Waals surface area contributed by atoms with Crippen molar-refractivity contribution >= 4 is 0 Å². The molecule has 0 saturated heterocycles. The molecule has 2 bridgehead atoms.